The highest BCUT2D eigenvalue weighted by atomic mass is 19.1. The van der Waals surface area contributed by atoms with E-state index in [-0.39, 0.29) is 29.8 Å². The van der Waals surface area contributed by atoms with Crippen molar-refractivity contribution in [3.8, 4) is 0 Å². The van der Waals surface area contributed by atoms with Crippen molar-refractivity contribution in [1.29, 1.82) is 0 Å². The van der Waals surface area contributed by atoms with Gasteiger partial charge < -0.3 is 14.5 Å². The van der Waals surface area contributed by atoms with Crippen LogP contribution in [0, 0.1) is 12.7 Å². The molecule has 1 aromatic carbocycles. The topological polar surface area (TPSA) is 49.9 Å². The lowest BCUT2D eigenvalue weighted by atomic mass is 10.0. The van der Waals surface area contributed by atoms with Crippen LogP contribution in [-0.4, -0.2) is 53.1 Å². The van der Waals surface area contributed by atoms with Gasteiger partial charge in [0, 0.05) is 19.5 Å². The molecule has 0 aliphatic carbocycles. The summed E-state index contributed by atoms with van der Waals surface area (Å²) in [6.45, 7) is 3.29. The van der Waals surface area contributed by atoms with Gasteiger partial charge in [0.15, 0.2) is 5.72 Å². The van der Waals surface area contributed by atoms with Gasteiger partial charge in [0.1, 0.15) is 5.82 Å². The third-order valence-corrected chi connectivity index (χ3v) is 5.10. The zero-order chi connectivity index (χ0) is 15.5. The Morgan fingerprint density at radius 1 is 1.41 bits per heavy atom. The number of aryl methyl sites for hydroxylation is 1. The van der Waals surface area contributed by atoms with Crippen LogP contribution < -0.4 is 0 Å². The number of hydrogen-bond acceptors (Lipinski definition) is 3. The molecule has 0 N–H and O–H groups in total. The number of benzene rings is 1. The summed E-state index contributed by atoms with van der Waals surface area (Å²) in [5, 5.41) is 0. The number of rotatable bonds is 1. The quantitative estimate of drug-likeness (QED) is 0.786. The minimum absolute atomic E-state index is 0.0188. The van der Waals surface area contributed by atoms with Crippen molar-refractivity contribution in [2.24, 2.45) is 0 Å². The second kappa shape index (κ2) is 4.52. The minimum atomic E-state index is -0.675. The summed E-state index contributed by atoms with van der Waals surface area (Å²) in [5.74, 6) is -0.840. The fourth-order valence-corrected chi connectivity index (χ4v) is 4.08. The van der Waals surface area contributed by atoms with Crippen LogP contribution in [0.15, 0.2) is 18.2 Å². The van der Waals surface area contributed by atoms with Crippen molar-refractivity contribution in [3.63, 3.8) is 0 Å². The van der Waals surface area contributed by atoms with Gasteiger partial charge in [-0.05, 0) is 18.6 Å². The summed E-state index contributed by atoms with van der Waals surface area (Å²) in [6.07, 6.45) is 0.863. The molecule has 3 aliphatic heterocycles. The maximum atomic E-state index is 14.1. The van der Waals surface area contributed by atoms with Gasteiger partial charge in [-0.25, -0.2) is 4.39 Å². The maximum Gasteiger partial charge on any atom is 0.257 e. The standard InChI is InChI=1S/C16H17FN2O3/c1-10-3-2-4-11(17)14(10)15(21)18-6-5-16-12(18)9-13(20)19(16)7-8-22-16/h2-4,12H,5-9H2,1H3/t12-,16+/m1/s1. The Hall–Kier alpha value is -1.95. The monoisotopic (exact) mass is 304 g/mol. The van der Waals surface area contributed by atoms with Crippen molar-refractivity contribution < 1.29 is 18.7 Å². The molecule has 3 saturated heterocycles. The van der Waals surface area contributed by atoms with Gasteiger partial charge in [-0.15, -0.1) is 0 Å². The molecular formula is C16H17FN2O3. The molecule has 1 aromatic rings. The Bertz CT molecular complexity index is 657. The van der Waals surface area contributed by atoms with Gasteiger partial charge in [-0.1, -0.05) is 12.1 Å². The Kier molecular flexibility index (Phi) is 2.81. The highest BCUT2D eigenvalue weighted by Gasteiger charge is 2.63. The number of carbonyl (C=O) groups is 2. The summed E-state index contributed by atoms with van der Waals surface area (Å²) in [6, 6.07) is 4.30. The predicted molar refractivity (Wildman–Crippen MR) is 75.6 cm³/mol. The Balaban J connectivity index is 1.70. The molecule has 2 atom stereocenters. The molecule has 4 rings (SSSR count). The van der Waals surface area contributed by atoms with E-state index in [9.17, 15) is 14.0 Å². The number of halogens is 1. The van der Waals surface area contributed by atoms with Crippen molar-refractivity contribution in [2.45, 2.75) is 31.5 Å². The molecular weight excluding hydrogens is 287 g/mol. The average molecular weight is 304 g/mol. The van der Waals surface area contributed by atoms with Gasteiger partial charge in [0.05, 0.1) is 24.6 Å². The summed E-state index contributed by atoms with van der Waals surface area (Å²) in [7, 11) is 0. The number of amides is 2. The molecule has 6 heteroatoms. The summed E-state index contributed by atoms with van der Waals surface area (Å²) < 4.78 is 19.9. The summed E-state index contributed by atoms with van der Waals surface area (Å²) in [4.78, 5) is 28.3. The molecule has 1 spiro atoms. The van der Waals surface area contributed by atoms with E-state index in [1.807, 2.05) is 0 Å². The van der Waals surface area contributed by atoms with Crippen molar-refractivity contribution >= 4 is 11.8 Å². The normalized spacial score (nSPS) is 29.9. The van der Waals surface area contributed by atoms with Gasteiger partial charge in [-0.2, -0.15) is 0 Å². The second-order valence-electron chi connectivity index (χ2n) is 6.14. The van der Waals surface area contributed by atoms with E-state index in [4.69, 9.17) is 4.74 Å². The fraction of sp³-hybridized carbons (Fsp3) is 0.500. The molecule has 2 amide bonds. The van der Waals surface area contributed by atoms with E-state index in [0.717, 1.165) is 0 Å². The SMILES string of the molecule is Cc1cccc(F)c1C(=O)N1CC[C@@]23OCCN2C(=O)C[C@@H]13. The Labute approximate surface area is 127 Å². The van der Waals surface area contributed by atoms with Crippen LogP contribution >= 0.6 is 0 Å². The lowest BCUT2D eigenvalue weighted by Crippen LogP contribution is -2.49. The molecule has 0 bridgehead atoms. The van der Waals surface area contributed by atoms with E-state index in [1.54, 1.807) is 28.9 Å². The van der Waals surface area contributed by atoms with Crippen LogP contribution in [0.2, 0.25) is 0 Å². The third kappa shape index (κ3) is 1.61. The zero-order valence-corrected chi connectivity index (χ0v) is 12.3. The minimum Gasteiger partial charge on any atom is -0.351 e. The molecule has 0 unspecified atom stereocenters. The zero-order valence-electron chi connectivity index (χ0n) is 12.3. The highest BCUT2D eigenvalue weighted by molar-refractivity contribution is 5.97. The van der Waals surface area contributed by atoms with Gasteiger partial charge in [0.25, 0.3) is 5.91 Å². The molecule has 0 aromatic heterocycles. The number of ether oxygens (including phenoxy) is 1. The number of nitrogens with zero attached hydrogens (tertiary/aromatic N) is 2. The number of likely N-dealkylation sites (tertiary alicyclic amines) is 1. The average Bonchev–Trinajstić information content (AvgIpc) is 3.10. The van der Waals surface area contributed by atoms with E-state index in [1.165, 1.54) is 6.07 Å². The van der Waals surface area contributed by atoms with E-state index in [2.05, 4.69) is 0 Å². The molecule has 0 saturated carbocycles. The van der Waals surface area contributed by atoms with Crippen LogP contribution in [0.5, 0.6) is 0 Å². The van der Waals surface area contributed by atoms with E-state index >= 15 is 0 Å². The summed E-state index contributed by atoms with van der Waals surface area (Å²) in [5.41, 5.74) is 0.0363. The third-order valence-electron chi connectivity index (χ3n) is 5.10. The smallest absolute Gasteiger partial charge is 0.257 e. The van der Waals surface area contributed by atoms with Crippen LogP contribution in [-0.2, 0) is 9.53 Å². The van der Waals surface area contributed by atoms with Crippen LogP contribution in [0.1, 0.15) is 28.8 Å². The van der Waals surface area contributed by atoms with Crippen LogP contribution in [0.3, 0.4) is 0 Å². The first-order valence-electron chi connectivity index (χ1n) is 7.55. The molecule has 3 aliphatic rings. The van der Waals surface area contributed by atoms with Crippen molar-refractivity contribution in [1.82, 2.24) is 9.80 Å². The fourth-order valence-electron chi connectivity index (χ4n) is 4.08. The van der Waals surface area contributed by atoms with Crippen LogP contribution in [0.4, 0.5) is 4.39 Å². The highest BCUT2D eigenvalue weighted by Crippen LogP contribution is 2.46. The van der Waals surface area contributed by atoms with E-state index < -0.39 is 11.5 Å². The predicted octanol–water partition coefficient (Wildman–Crippen LogP) is 1.31. The van der Waals surface area contributed by atoms with Crippen molar-refractivity contribution in [2.75, 3.05) is 19.7 Å². The van der Waals surface area contributed by atoms with Crippen molar-refractivity contribution in [3.05, 3.63) is 35.1 Å². The summed E-state index contributed by atoms with van der Waals surface area (Å²) >= 11 is 0. The lowest BCUT2D eigenvalue weighted by molar-refractivity contribution is -0.136. The van der Waals surface area contributed by atoms with Gasteiger partial charge in [-0.3, -0.25) is 9.59 Å². The first-order chi connectivity index (χ1) is 10.5. The first kappa shape index (κ1) is 13.7. The first-order valence-corrected chi connectivity index (χ1v) is 7.55. The second-order valence-corrected chi connectivity index (χ2v) is 6.14. The molecule has 0 radical (unpaired) electrons. The maximum absolute atomic E-state index is 14.1. The Morgan fingerprint density at radius 2 is 2.23 bits per heavy atom. The molecule has 22 heavy (non-hydrogen) atoms. The van der Waals surface area contributed by atoms with Gasteiger partial charge in [0.2, 0.25) is 5.91 Å². The molecule has 116 valence electrons. The van der Waals surface area contributed by atoms with Gasteiger partial charge >= 0.3 is 0 Å². The van der Waals surface area contributed by atoms with Crippen LogP contribution in [0.25, 0.3) is 0 Å². The van der Waals surface area contributed by atoms with E-state index in [0.29, 0.717) is 31.7 Å². The molecule has 3 fully saturated rings. The number of carbonyl (C=O) groups excluding carboxylic acids is 2. The molecule has 5 nitrogen and oxygen atoms in total. The number of hydrogen-bond donors (Lipinski definition) is 0. The largest absolute Gasteiger partial charge is 0.351 e. The molecule has 3 heterocycles. The Morgan fingerprint density at radius 3 is 3.00 bits per heavy atom. The lowest BCUT2D eigenvalue weighted by Gasteiger charge is -2.31.